The van der Waals surface area contributed by atoms with Gasteiger partial charge in [0, 0.05) is 18.8 Å². The van der Waals surface area contributed by atoms with Crippen LogP contribution < -0.4 is 10.3 Å². The van der Waals surface area contributed by atoms with E-state index in [9.17, 15) is 31.1 Å². The maximum absolute atomic E-state index is 13.0. The van der Waals surface area contributed by atoms with Crippen LogP contribution in [-0.4, -0.2) is 34.4 Å². The molecule has 0 aliphatic carbocycles. The summed E-state index contributed by atoms with van der Waals surface area (Å²) < 4.78 is 79.2. The van der Waals surface area contributed by atoms with E-state index in [0.29, 0.717) is 0 Å². The summed E-state index contributed by atoms with van der Waals surface area (Å²) in [4.78, 5) is 14.9. The van der Waals surface area contributed by atoms with Gasteiger partial charge in [0.15, 0.2) is 6.61 Å². The van der Waals surface area contributed by atoms with Gasteiger partial charge < -0.3 is 4.74 Å². The number of alkyl halides is 6. The molecule has 0 aliphatic rings. The fourth-order valence-corrected chi connectivity index (χ4v) is 1.25. The molecule has 0 aromatic carbocycles. The lowest BCUT2D eigenvalue weighted by atomic mass is 10.2. The first-order valence-corrected chi connectivity index (χ1v) is 5.21. The van der Waals surface area contributed by atoms with Crippen molar-refractivity contribution in [3.63, 3.8) is 0 Å². The highest BCUT2D eigenvalue weighted by Crippen LogP contribution is 2.35. The van der Waals surface area contributed by atoms with E-state index in [0.717, 1.165) is 17.8 Å². The molecule has 1 unspecified atom stereocenters. The van der Waals surface area contributed by atoms with Crippen LogP contribution in [0.15, 0.2) is 11.0 Å². The average Bonchev–Trinajstić information content (AvgIpc) is 2.33. The predicted molar refractivity (Wildman–Crippen MR) is 55.6 cm³/mol. The monoisotopic (exact) mass is 304 g/mol. The summed E-state index contributed by atoms with van der Waals surface area (Å²) in [6.45, 7) is -0.494. The Balaban J connectivity index is 2.87. The Labute approximate surface area is 109 Å². The average molecular weight is 304 g/mol. The van der Waals surface area contributed by atoms with E-state index in [2.05, 4.69) is 9.72 Å². The van der Waals surface area contributed by atoms with Gasteiger partial charge in [0.05, 0.1) is 0 Å². The van der Waals surface area contributed by atoms with Crippen LogP contribution in [-0.2, 0) is 7.05 Å². The van der Waals surface area contributed by atoms with Crippen molar-refractivity contribution in [2.24, 2.45) is 7.05 Å². The van der Waals surface area contributed by atoms with E-state index in [4.69, 9.17) is 0 Å². The number of nitrogens with zero attached hydrogens (tertiary/aromatic N) is 2. The predicted octanol–water partition coefficient (Wildman–Crippen LogP) is 2.00. The Hall–Kier alpha value is -1.74. The highest BCUT2D eigenvalue weighted by Gasteiger charge is 2.57. The molecule has 0 saturated heterocycles. The van der Waals surface area contributed by atoms with Gasteiger partial charge in [-0.15, -0.1) is 0 Å². The fraction of sp³-hybridized carbons (Fsp3) is 0.600. The number of halogens is 6. The van der Waals surface area contributed by atoms with Crippen molar-refractivity contribution in [1.82, 2.24) is 9.55 Å². The molecule has 0 N–H and O–H groups in total. The van der Waals surface area contributed by atoms with Gasteiger partial charge in [0.2, 0.25) is 0 Å². The zero-order valence-corrected chi connectivity index (χ0v) is 10.3. The molecule has 1 rings (SSSR count). The summed E-state index contributed by atoms with van der Waals surface area (Å²) in [6.07, 6.45) is -9.07. The molecule has 1 heterocycles. The highest BCUT2D eigenvalue weighted by atomic mass is 19.4. The normalized spacial score (nSPS) is 14.2. The van der Waals surface area contributed by atoms with Crippen molar-refractivity contribution in [3.05, 3.63) is 22.1 Å². The van der Waals surface area contributed by atoms with E-state index < -0.39 is 36.4 Å². The minimum absolute atomic E-state index is 0.185. The Bertz CT molecular complexity index is 540. The second-order valence-electron chi connectivity index (χ2n) is 4.04. The van der Waals surface area contributed by atoms with Crippen LogP contribution in [0.3, 0.4) is 0 Å². The molecule has 10 heteroatoms. The second-order valence-corrected chi connectivity index (χ2v) is 4.04. The first kappa shape index (κ1) is 16.3. The van der Waals surface area contributed by atoms with Gasteiger partial charge in [-0.1, -0.05) is 0 Å². The number of aromatic nitrogens is 2. The molecule has 0 saturated carbocycles. The summed E-state index contributed by atoms with van der Waals surface area (Å²) in [5.74, 6) is -4.79. The van der Waals surface area contributed by atoms with Crippen molar-refractivity contribution in [3.8, 4) is 6.01 Å². The molecule has 20 heavy (non-hydrogen) atoms. The zero-order chi connectivity index (χ0) is 15.7. The summed E-state index contributed by atoms with van der Waals surface area (Å²) in [5.41, 5.74) is -0.434. The highest BCUT2D eigenvalue weighted by molar-refractivity contribution is 5.08. The smallest absolute Gasteiger partial charge is 0.425 e. The first-order chi connectivity index (χ1) is 8.97. The lowest BCUT2D eigenvalue weighted by molar-refractivity contribution is -0.250. The van der Waals surface area contributed by atoms with Crippen LogP contribution in [0.4, 0.5) is 26.3 Å². The molecule has 114 valence electrons. The van der Waals surface area contributed by atoms with Gasteiger partial charge in [0.25, 0.3) is 17.7 Å². The number of rotatable bonds is 4. The third kappa shape index (κ3) is 3.42. The molecule has 0 aliphatic heterocycles. The molecule has 0 amide bonds. The molecule has 4 nitrogen and oxygen atoms in total. The van der Waals surface area contributed by atoms with E-state index in [1.165, 1.54) is 6.92 Å². The molecule has 0 radical (unpaired) electrons. The van der Waals surface area contributed by atoms with Crippen LogP contribution >= 0.6 is 0 Å². The Morgan fingerprint density at radius 1 is 1.35 bits per heavy atom. The molecule has 0 fully saturated rings. The van der Waals surface area contributed by atoms with Crippen LogP contribution in [0.1, 0.15) is 5.56 Å². The van der Waals surface area contributed by atoms with Gasteiger partial charge in [-0.2, -0.15) is 22.0 Å². The summed E-state index contributed by atoms with van der Waals surface area (Å²) in [5, 5.41) is 0. The maximum atomic E-state index is 13.0. The molecule has 1 atom stereocenters. The Morgan fingerprint density at radius 2 is 1.90 bits per heavy atom. The summed E-state index contributed by atoms with van der Waals surface area (Å²) >= 11 is 0. The van der Waals surface area contributed by atoms with Gasteiger partial charge in [-0.25, -0.2) is 9.37 Å². The van der Waals surface area contributed by atoms with E-state index in [-0.39, 0.29) is 5.56 Å². The molecule has 1 aromatic heterocycles. The topological polar surface area (TPSA) is 44.1 Å². The minimum Gasteiger partial charge on any atom is -0.458 e. The van der Waals surface area contributed by atoms with Gasteiger partial charge in [0.1, 0.15) is 0 Å². The molecular weight excluding hydrogens is 294 g/mol. The van der Waals surface area contributed by atoms with Crippen molar-refractivity contribution in [2.45, 2.75) is 25.2 Å². The van der Waals surface area contributed by atoms with Crippen molar-refractivity contribution in [1.29, 1.82) is 0 Å². The largest absolute Gasteiger partial charge is 0.458 e. The van der Waals surface area contributed by atoms with Crippen LogP contribution in [0.25, 0.3) is 0 Å². The fourth-order valence-electron chi connectivity index (χ4n) is 1.25. The SMILES string of the molecule is Cc1cnc(OCC(F)(F)C(F)C(F)(F)F)n(C)c1=O. The van der Waals surface area contributed by atoms with E-state index >= 15 is 0 Å². The third-order valence-electron chi connectivity index (χ3n) is 2.35. The summed E-state index contributed by atoms with van der Waals surface area (Å²) in [7, 11) is 1.13. The number of hydrogen-bond donors (Lipinski definition) is 0. The first-order valence-electron chi connectivity index (χ1n) is 5.21. The van der Waals surface area contributed by atoms with Crippen LogP contribution in [0.5, 0.6) is 6.01 Å². The lowest BCUT2D eigenvalue weighted by Crippen LogP contribution is -2.45. The van der Waals surface area contributed by atoms with Gasteiger partial charge >= 0.3 is 12.1 Å². The number of ether oxygens (including phenoxy) is 1. The molecule has 0 bridgehead atoms. The zero-order valence-electron chi connectivity index (χ0n) is 10.3. The van der Waals surface area contributed by atoms with Crippen molar-refractivity contribution >= 4 is 0 Å². The van der Waals surface area contributed by atoms with Gasteiger partial charge in [-0.3, -0.25) is 9.36 Å². The summed E-state index contributed by atoms with van der Waals surface area (Å²) in [6, 6.07) is -0.630. The number of aryl methyl sites for hydroxylation is 1. The minimum atomic E-state index is -5.71. The Kier molecular flexibility index (Phi) is 4.35. The molecular formula is C10H10F6N2O2. The third-order valence-corrected chi connectivity index (χ3v) is 2.35. The standard InChI is InChI=1S/C10H10F6N2O2/c1-5-3-17-8(18(2)6(5)19)20-4-9(12,13)7(11)10(14,15)16/h3,7H,4H2,1-2H3. The van der Waals surface area contributed by atoms with Crippen LogP contribution in [0, 0.1) is 6.92 Å². The Morgan fingerprint density at radius 3 is 2.40 bits per heavy atom. The maximum Gasteiger partial charge on any atom is 0.425 e. The molecule has 1 aromatic rings. The van der Waals surface area contributed by atoms with Gasteiger partial charge in [-0.05, 0) is 6.92 Å². The lowest BCUT2D eigenvalue weighted by Gasteiger charge is -2.22. The quantitative estimate of drug-likeness (QED) is 0.799. The van der Waals surface area contributed by atoms with Crippen molar-refractivity contribution < 1.29 is 31.1 Å². The van der Waals surface area contributed by atoms with Crippen molar-refractivity contribution in [2.75, 3.05) is 6.61 Å². The van der Waals surface area contributed by atoms with E-state index in [1.54, 1.807) is 0 Å². The van der Waals surface area contributed by atoms with E-state index in [1.807, 2.05) is 0 Å². The second kappa shape index (κ2) is 5.33. The van der Waals surface area contributed by atoms with Crippen LogP contribution in [0.2, 0.25) is 0 Å². The number of hydrogen-bond acceptors (Lipinski definition) is 3. The molecule has 0 spiro atoms.